The molecule has 0 unspecified atom stereocenters. The molecule has 29 heavy (non-hydrogen) atoms. The number of hydrogen-bond acceptors (Lipinski definition) is 5. The molecule has 0 heterocycles. The van der Waals surface area contributed by atoms with Gasteiger partial charge in [-0.1, -0.05) is 31.2 Å². The molecule has 0 aliphatic rings. The number of thioether (sulfide) groups is 1. The van der Waals surface area contributed by atoms with E-state index in [-0.39, 0.29) is 17.4 Å². The van der Waals surface area contributed by atoms with Crippen molar-refractivity contribution in [3.63, 3.8) is 0 Å². The Morgan fingerprint density at radius 3 is 2.38 bits per heavy atom. The van der Waals surface area contributed by atoms with Crippen LogP contribution in [0.1, 0.15) is 25.0 Å². The number of rotatable bonds is 9. The Balaban J connectivity index is 1.69. The maximum atomic E-state index is 12.2. The summed E-state index contributed by atoms with van der Waals surface area (Å²) in [6.07, 6.45) is -0.00166. The highest BCUT2D eigenvalue weighted by atomic mass is 32.2. The van der Waals surface area contributed by atoms with Crippen molar-refractivity contribution >= 4 is 40.9 Å². The van der Waals surface area contributed by atoms with Crippen molar-refractivity contribution in [3.8, 4) is 0 Å². The zero-order valence-corrected chi connectivity index (χ0v) is 17.7. The van der Waals surface area contributed by atoms with Crippen LogP contribution in [0, 0.1) is 6.92 Å². The lowest BCUT2D eigenvalue weighted by Gasteiger charge is -2.13. The average Bonchev–Trinajstić information content (AvgIpc) is 2.68. The highest BCUT2D eigenvalue weighted by Crippen LogP contribution is 2.12. The molecule has 7 heteroatoms. The maximum absolute atomic E-state index is 12.2. The van der Waals surface area contributed by atoms with Gasteiger partial charge in [-0.15, -0.1) is 11.8 Å². The Kier molecular flexibility index (Phi) is 8.73. The first-order chi connectivity index (χ1) is 13.9. The topological polar surface area (TPSA) is 84.5 Å². The van der Waals surface area contributed by atoms with Gasteiger partial charge in [-0.2, -0.15) is 0 Å². The largest absolute Gasteiger partial charge is 0.452 e. The fraction of sp³-hybridized carbons (Fsp3) is 0.318. The summed E-state index contributed by atoms with van der Waals surface area (Å²) >= 11 is 1.14. The van der Waals surface area contributed by atoms with E-state index in [1.165, 1.54) is 12.5 Å². The van der Waals surface area contributed by atoms with Crippen molar-refractivity contribution in [2.75, 3.05) is 22.1 Å². The molecule has 2 amide bonds. The Bertz CT molecular complexity index is 852. The van der Waals surface area contributed by atoms with E-state index in [1.54, 1.807) is 6.07 Å². The summed E-state index contributed by atoms with van der Waals surface area (Å²) in [6, 6.07) is 15.0. The normalized spacial score (nSPS) is 11.4. The first kappa shape index (κ1) is 22.5. The lowest BCUT2D eigenvalue weighted by atomic mass is 10.1. The first-order valence-corrected chi connectivity index (χ1v) is 10.6. The van der Waals surface area contributed by atoms with Crippen LogP contribution in [0.15, 0.2) is 48.5 Å². The molecule has 0 saturated heterocycles. The second kappa shape index (κ2) is 11.3. The molecule has 0 spiro atoms. The van der Waals surface area contributed by atoms with Crippen LogP contribution >= 0.6 is 11.8 Å². The lowest BCUT2D eigenvalue weighted by molar-refractivity contribution is -0.150. The molecule has 2 rings (SSSR count). The number of nitrogens with one attached hydrogen (secondary N) is 2. The summed E-state index contributed by atoms with van der Waals surface area (Å²) in [5, 5.41) is 5.49. The summed E-state index contributed by atoms with van der Waals surface area (Å²) in [6.45, 7) is 5.51. The van der Waals surface area contributed by atoms with Crippen molar-refractivity contribution < 1.29 is 19.1 Å². The standard InChI is InChI=1S/C22H26N2O4S/c1-4-17-8-10-18(11-9-17)24-22(27)16(3)28-21(26)14-29-13-20(25)23-19-7-5-6-15(2)12-19/h5-12,16H,4,13-14H2,1-3H3,(H,23,25)(H,24,27)/t16-/m0/s1. The van der Waals surface area contributed by atoms with Gasteiger partial charge in [0.1, 0.15) is 0 Å². The molecular weight excluding hydrogens is 388 g/mol. The van der Waals surface area contributed by atoms with Crippen molar-refractivity contribution in [2.45, 2.75) is 33.3 Å². The van der Waals surface area contributed by atoms with E-state index in [4.69, 9.17) is 4.74 Å². The number of aryl methyl sites for hydroxylation is 2. The van der Waals surface area contributed by atoms with E-state index in [9.17, 15) is 14.4 Å². The molecule has 0 aliphatic carbocycles. The minimum atomic E-state index is -0.921. The van der Waals surface area contributed by atoms with Gasteiger partial charge in [-0.25, -0.2) is 0 Å². The summed E-state index contributed by atoms with van der Waals surface area (Å²) in [7, 11) is 0. The van der Waals surface area contributed by atoms with Crippen LogP contribution in [0.2, 0.25) is 0 Å². The van der Waals surface area contributed by atoms with Gasteiger partial charge >= 0.3 is 5.97 Å². The summed E-state index contributed by atoms with van der Waals surface area (Å²) in [5.74, 6) is -1.03. The number of carbonyl (C=O) groups is 3. The second-order valence-corrected chi connectivity index (χ2v) is 7.57. The van der Waals surface area contributed by atoms with Crippen LogP contribution < -0.4 is 10.6 Å². The third-order valence-electron chi connectivity index (χ3n) is 4.06. The van der Waals surface area contributed by atoms with E-state index in [1.807, 2.05) is 49.4 Å². The molecule has 154 valence electrons. The minimum absolute atomic E-state index is 0.00987. The van der Waals surface area contributed by atoms with Crippen molar-refractivity contribution in [3.05, 3.63) is 59.7 Å². The molecule has 6 nitrogen and oxygen atoms in total. The first-order valence-electron chi connectivity index (χ1n) is 9.41. The third kappa shape index (κ3) is 7.99. The van der Waals surface area contributed by atoms with Gasteiger partial charge in [0, 0.05) is 11.4 Å². The predicted molar refractivity (Wildman–Crippen MR) is 117 cm³/mol. The maximum Gasteiger partial charge on any atom is 0.316 e. The van der Waals surface area contributed by atoms with Crippen LogP contribution in [0.3, 0.4) is 0 Å². The zero-order valence-electron chi connectivity index (χ0n) is 16.9. The van der Waals surface area contributed by atoms with Gasteiger partial charge in [-0.3, -0.25) is 14.4 Å². The molecule has 0 radical (unpaired) electrons. The molecule has 0 fully saturated rings. The number of hydrogen-bond donors (Lipinski definition) is 2. The quantitative estimate of drug-likeness (QED) is 0.610. The molecule has 0 bridgehead atoms. The van der Waals surface area contributed by atoms with E-state index in [0.29, 0.717) is 5.69 Å². The number of carbonyl (C=O) groups excluding carboxylic acids is 3. The van der Waals surface area contributed by atoms with Gasteiger partial charge in [0.15, 0.2) is 6.10 Å². The predicted octanol–water partition coefficient (Wildman–Crippen LogP) is 3.80. The third-order valence-corrected chi connectivity index (χ3v) is 4.97. The average molecular weight is 415 g/mol. The van der Waals surface area contributed by atoms with E-state index in [2.05, 4.69) is 17.6 Å². The second-order valence-electron chi connectivity index (χ2n) is 6.58. The lowest BCUT2D eigenvalue weighted by Crippen LogP contribution is -2.30. The number of amides is 2. The minimum Gasteiger partial charge on any atom is -0.452 e. The van der Waals surface area contributed by atoms with E-state index < -0.39 is 18.0 Å². The van der Waals surface area contributed by atoms with Crippen molar-refractivity contribution in [1.29, 1.82) is 0 Å². The summed E-state index contributed by atoms with van der Waals surface area (Å²) in [4.78, 5) is 36.0. The van der Waals surface area contributed by atoms with Crippen LogP contribution in [0.25, 0.3) is 0 Å². The Morgan fingerprint density at radius 2 is 1.72 bits per heavy atom. The molecule has 2 aromatic carbocycles. The van der Waals surface area contributed by atoms with E-state index >= 15 is 0 Å². The fourth-order valence-electron chi connectivity index (χ4n) is 2.50. The van der Waals surface area contributed by atoms with Crippen LogP contribution in [-0.2, 0) is 25.5 Å². The highest BCUT2D eigenvalue weighted by Gasteiger charge is 2.18. The molecule has 1 atom stereocenters. The fourth-order valence-corrected chi connectivity index (χ4v) is 3.09. The molecule has 2 aromatic rings. The van der Waals surface area contributed by atoms with E-state index in [0.717, 1.165) is 29.4 Å². The smallest absolute Gasteiger partial charge is 0.316 e. The molecule has 0 aromatic heterocycles. The number of ether oxygens (including phenoxy) is 1. The Morgan fingerprint density at radius 1 is 1.00 bits per heavy atom. The number of anilines is 2. The molecule has 2 N–H and O–H groups in total. The zero-order chi connectivity index (χ0) is 21.2. The molecule has 0 aliphatic heterocycles. The van der Waals surface area contributed by atoms with Gasteiger partial charge in [0.25, 0.3) is 5.91 Å². The van der Waals surface area contributed by atoms with Gasteiger partial charge in [-0.05, 0) is 55.7 Å². The monoisotopic (exact) mass is 414 g/mol. The van der Waals surface area contributed by atoms with Crippen LogP contribution in [0.5, 0.6) is 0 Å². The highest BCUT2D eigenvalue weighted by molar-refractivity contribution is 8.00. The molecular formula is C22H26N2O4S. The summed E-state index contributed by atoms with van der Waals surface area (Å²) < 4.78 is 5.14. The van der Waals surface area contributed by atoms with Gasteiger partial charge < -0.3 is 15.4 Å². The van der Waals surface area contributed by atoms with Crippen molar-refractivity contribution in [1.82, 2.24) is 0 Å². The van der Waals surface area contributed by atoms with Crippen molar-refractivity contribution in [2.24, 2.45) is 0 Å². The SMILES string of the molecule is CCc1ccc(NC(=O)[C@H](C)OC(=O)CSCC(=O)Nc2cccc(C)c2)cc1. The van der Waals surface area contributed by atoms with Gasteiger partial charge in [0.2, 0.25) is 5.91 Å². The molecule has 0 saturated carbocycles. The Hall–Kier alpha value is -2.80. The Labute approximate surface area is 175 Å². The number of esters is 1. The number of benzene rings is 2. The summed E-state index contributed by atoms with van der Waals surface area (Å²) in [5.41, 5.74) is 3.59. The van der Waals surface area contributed by atoms with Crippen LogP contribution in [0.4, 0.5) is 11.4 Å². The van der Waals surface area contributed by atoms with Crippen LogP contribution in [-0.4, -0.2) is 35.4 Å². The van der Waals surface area contributed by atoms with Gasteiger partial charge in [0.05, 0.1) is 11.5 Å².